The molecule has 0 aliphatic heterocycles. The van der Waals surface area contributed by atoms with Crippen LogP contribution in [0, 0.1) is 0 Å². The number of carbonyl (C=O) groups excluding carboxylic acids is 4. The maximum Gasteiger partial charge on any atom is 0.407 e. The number of rotatable bonds is 13. The standard InChI is InChI=1S/C33H36N4O6/c1-37-28-16-7-6-14-26(28)20-29(37)32(40)36-27(15-9-17-34-33(41)43-22-23-10-4-3-5-11-23)31(39)35-21-25-13-8-12-24(18-25)19-30(38)42-2/h3-8,10-14,16,18,20,27H,9,15,17,19,21-22H2,1-2H3,(H,34,41)(H,35,39)(H,36,40)/t27-/m0/s1. The van der Waals surface area contributed by atoms with E-state index in [1.54, 1.807) is 17.7 Å². The second-order valence-corrected chi connectivity index (χ2v) is 10.1. The topological polar surface area (TPSA) is 128 Å². The summed E-state index contributed by atoms with van der Waals surface area (Å²) in [6.07, 6.45) is 0.268. The Labute approximate surface area is 250 Å². The average Bonchev–Trinajstić information content (AvgIpc) is 3.37. The summed E-state index contributed by atoms with van der Waals surface area (Å²) in [4.78, 5) is 50.4. The van der Waals surface area contributed by atoms with Crippen LogP contribution in [0.4, 0.5) is 4.79 Å². The molecule has 3 amide bonds. The zero-order chi connectivity index (χ0) is 30.6. The number of alkyl carbamates (subject to hydrolysis) is 1. The number of aromatic nitrogens is 1. The van der Waals surface area contributed by atoms with E-state index in [9.17, 15) is 19.2 Å². The molecule has 0 fully saturated rings. The second-order valence-electron chi connectivity index (χ2n) is 10.1. The lowest BCUT2D eigenvalue weighted by Gasteiger charge is -2.19. The Morgan fingerprint density at radius 1 is 0.837 bits per heavy atom. The third-order valence-corrected chi connectivity index (χ3v) is 6.99. The molecule has 43 heavy (non-hydrogen) atoms. The third-order valence-electron chi connectivity index (χ3n) is 6.99. The molecule has 10 nitrogen and oxygen atoms in total. The van der Waals surface area contributed by atoms with Crippen LogP contribution in [-0.4, -0.2) is 48.1 Å². The number of hydrogen-bond donors (Lipinski definition) is 3. The molecule has 1 atom stereocenters. The Balaban J connectivity index is 1.37. The van der Waals surface area contributed by atoms with Crippen LogP contribution in [0.25, 0.3) is 10.9 Å². The van der Waals surface area contributed by atoms with Crippen LogP contribution in [0.3, 0.4) is 0 Å². The van der Waals surface area contributed by atoms with Gasteiger partial charge < -0.3 is 30.0 Å². The lowest BCUT2D eigenvalue weighted by atomic mass is 10.1. The minimum absolute atomic E-state index is 0.128. The van der Waals surface area contributed by atoms with Gasteiger partial charge in [0.05, 0.1) is 13.5 Å². The van der Waals surface area contributed by atoms with E-state index in [-0.39, 0.29) is 50.3 Å². The van der Waals surface area contributed by atoms with Gasteiger partial charge in [0.2, 0.25) is 5.91 Å². The van der Waals surface area contributed by atoms with E-state index >= 15 is 0 Å². The van der Waals surface area contributed by atoms with Crippen molar-refractivity contribution in [2.75, 3.05) is 13.7 Å². The molecule has 0 unspecified atom stereocenters. The van der Waals surface area contributed by atoms with Crippen molar-refractivity contribution in [2.24, 2.45) is 7.05 Å². The first-order chi connectivity index (χ1) is 20.8. The molecule has 0 saturated carbocycles. The number of para-hydroxylation sites is 1. The van der Waals surface area contributed by atoms with Gasteiger partial charge in [-0.15, -0.1) is 0 Å². The quantitative estimate of drug-likeness (QED) is 0.161. The number of nitrogens with one attached hydrogen (secondary N) is 3. The summed E-state index contributed by atoms with van der Waals surface area (Å²) in [6.45, 7) is 0.620. The minimum Gasteiger partial charge on any atom is -0.469 e. The fourth-order valence-electron chi connectivity index (χ4n) is 4.68. The van der Waals surface area contributed by atoms with Crippen molar-refractivity contribution in [1.29, 1.82) is 0 Å². The average molecular weight is 585 g/mol. The predicted molar refractivity (Wildman–Crippen MR) is 162 cm³/mol. The van der Waals surface area contributed by atoms with Gasteiger partial charge >= 0.3 is 12.1 Å². The van der Waals surface area contributed by atoms with Crippen molar-refractivity contribution in [3.63, 3.8) is 0 Å². The van der Waals surface area contributed by atoms with Crippen LogP contribution in [0.1, 0.15) is 40.0 Å². The highest BCUT2D eigenvalue weighted by Crippen LogP contribution is 2.18. The number of fused-ring (bicyclic) bond motifs is 1. The molecule has 1 heterocycles. The van der Waals surface area contributed by atoms with Gasteiger partial charge in [-0.1, -0.05) is 72.8 Å². The maximum atomic E-state index is 13.3. The summed E-state index contributed by atoms with van der Waals surface area (Å²) in [5, 5.41) is 9.38. The van der Waals surface area contributed by atoms with Gasteiger partial charge in [0.1, 0.15) is 18.3 Å². The summed E-state index contributed by atoms with van der Waals surface area (Å²) in [7, 11) is 3.14. The van der Waals surface area contributed by atoms with E-state index in [4.69, 9.17) is 9.47 Å². The molecule has 3 aromatic carbocycles. The fourth-order valence-corrected chi connectivity index (χ4v) is 4.68. The van der Waals surface area contributed by atoms with Crippen LogP contribution in [-0.2, 0) is 45.7 Å². The largest absolute Gasteiger partial charge is 0.469 e. The zero-order valence-electron chi connectivity index (χ0n) is 24.3. The van der Waals surface area contributed by atoms with E-state index < -0.39 is 12.1 Å². The number of carbonyl (C=O) groups is 4. The lowest BCUT2D eigenvalue weighted by Crippen LogP contribution is -2.47. The summed E-state index contributed by atoms with van der Waals surface area (Å²) in [5.74, 6) is -1.10. The molecule has 0 bridgehead atoms. The van der Waals surface area contributed by atoms with Gasteiger partial charge in [0.15, 0.2) is 0 Å². The van der Waals surface area contributed by atoms with Crippen LogP contribution in [0.15, 0.2) is 84.9 Å². The SMILES string of the molecule is COC(=O)Cc1cccc(CNC(=O)[C@H](CCCNC(=O)OCc2ccccc2)NC(=O)c2cc3ccccc3n2C)c1. The molecule has 1 aromatic heterocycles. The Morgan fingerprint density at radius 3 is 2.33 bits per heavy atom. The summed E-state index contributed by atoms with van der Waals surface area (Å²) >= 11 is 0. The van der Waals surface area contributed by atoms with Crippen LogP contribution in [0.2, 0.25) is 0 Å². The number of benzene rings is 3. The summed E-state index contributed by atoms with van der Waals surface area (Å²) in [5.41, 5.74) is 3.78. The smallest absolute Gasteiger partial charge is 0.407 e. The van der Waals surface area contributed by atoms with Crippen molar-refractivity contribution in [2.45, 2.75) is 38.5 Å². The molecule has 0 aliphatic rings. The van der Waals surface area contributed by atoms with E-state index in [0.29, 0.717) is 12.1 Å². The summed E-state index contributed by atoms with van der Waals surface area (Å²) in [6, 6.07) is 25.2. The number of esters is 1. The maximum absolute atomic E-state index is 13.3. The number of aryl methyl sites for hydroxylation is 1. The Hall–Kier alpha value is -5.12. The van der Waals surface area contributed by atoms with E-state index in [1.165, 1.54) is 7.11 Å². The van der Waals surface area contributed by atoms with Gasteiger partial charge in [-0.25, -0.2) is 4.79 Å². The minimum atomic E-state index is -0.856. The molecule has 10 heteroatoms. The third kappa shape index (κ3) is 8.93. The molecular formula is C33H36N4O6. The normalized spacial score (nSPS) is 11.4. The van der Waals surface area contributed by atoms with Crippen molar-refractivity contribution >= 4 is 34.8 Å². The molecule has 224 valence electrons. The Bertz CT molecular complexity index is 1570. The summed E-state index contributed by atoms with van der Waals surface area (Å²) < 4.78 is 11.8. The monoisotopic (exact) mass is 584 g/mol. The number of amides is 3. The Morgan fingerprint density at radius 2 is 1.56 bits per heavy atom. The molecule has 4 aromatic rings. The van der Waals surface area contributed by atoms with Crippen LogP contribution < -0.4 is 16.0 Å². The number of methoxy groups -OCH3 is 1. The predicted octanol–water partition coefficient (Wildman–Crippen LogP) is 4.02. The van der Waals surface area contributed by atoms with Gasteiger partial charge in [0.25, 0.3) is 5.91 Å². The molecule has 4 rings (SSSR count). The molecule has 0 aliphatic carbocycles. The molecule has 3 N–H and O–H groups in total. The fraction of sp³-hybridized carbons (Fsp3) is 0.273. The van der Waals surface area contributed by atoms with Gasteiger partial charge in [0, 0.05) is 31.0 Å². The van der Waals surface area contributed by atoms with Crippen LogP contribution >= 0.6 is 0 Å². The molecule has 0 saturated heterocycles. The van der Waals surface area contributed by atoms with Gasteiger partial charge in [-0.3, -0.25) is 14.4 Å². The van der Waals surface area contributed by atoms with E-state index in [0.717, 1.165) is 27.6 Å². The van der Waals surface area contributed by atoms with E-state index in [1.807, 2.05) is 78.9 Å². The van der Waals surface area contributed by atoms with Gasteiger partial charge in [-0.2, -0.15) is 0 Å². The van der Waals surface area contributed by atoms with Gasteiger partial charge in [-0.05, 0) is 41.7 Å². The Kier molecular flexibility index (Phi) is 10.9. The van der Waals surface area contributed by atoms with E-state index in [2.05, 4.69) is 16.0 Å². The molecular weight excluding hydrogens is 548 g/mol. The van der Waals surface area contributed by atoms with Crippen molar-refractivity contribution in [3.05, 3.63) is 107 Å². The number of ether oxygens (including phenoxy) is 2. The first kappa shape index (κ1) is 30.8. The highest BCUT2D eigenvalue weighted by molar-refractivity contribution is 6.00. The highest BCUT2D eigenvalue weighted by Gasteiger charge is 2.23. The first-order valence-corrected chi connectivity index (χ1v) is 14.1. The van der Waals surface area contributed by atoms with Crippen molar-refractivity contribution in [3.8, 4) is 0 Å². The van der Waals surface area contributed by atoms with Crippen LogP contribution in [0.5, 0.6) is 0 Å². The first-order valence-electron chi connectivity index (χ1n) is 14.1. The number of nitrogens with zero attached hydrogens (tertiary/aromatic N) is 1. The lowest BCUT2D eigenvalue weighted by molar-refractivity contribution is -0.139. The molecule has 0 radical (unpaired) electrons. The second kappa shape index (κ2) is 15.2. The highest BCUT2D eigenvalue weighted by atomic mass is 16.5. The van der Waals surface area contributed by atoms with Crippen molar-refractivity contribution in [1.82, 2.24) is 20.5 Å². The molecule has 0 spiro atoms. The number of hydrogen-bond acceptors (Lipinski definition) is 6. The van der Waals surface area contributed by atoms with Crippen molar-refractivity contribution < 1.29 is 28.7 Å². The zero-order valence-corrected chi connectivity index (χ0v) is 24.3.